The second-order valence-corrected chi connectivity index (χ2v) is 9.99. The van der Waals surface area contributed by atoms with Gasteiger partial charge in [-0.25, -0.2) is 4.98 Å². The van der Waals surface area contributed by atoms with Crippen LogP contribution in [0.5, 0.6) is 0 Å². The Morgan fingerprint density at radius 1 is 1.03 bits per heavy atom. The summed E-state index contributed by atoms with van der Waals surface area (Å²) in [6.07, 6.45) is 6.23. The fourth-order valence-corrected chi connectivity index (χ4v) is 5.82. The minimum Gasteiger partial charge on any atom is -0.341 e. The molecule has 1 aromatic heterocycles. The molecule has 3 aromatic rings. The van der Waals surface area contributed by atoms with E-state index in [-0.39, 0.29) is 24.3 Å². The van der Waals surface area contributed by atoms with E-state index in [1.54, 1.807) is 0 Å². The molecule has 6 heteroatoms. The third-order valence-corrected chi connectivity index (χ3v) is 7.69. The second kappa shape index (κ2) is 9.24. The van der Waals surface area contributed by atoms with Crippen molar-refractivity contribution in [2.75, 3.05) is 18.5 Å². The number of anilines is 1. The van der Waals surface area contributed by atoms with Gasteiger partial charge in [-0.15, -0.1) is 0 Å². The number of fused-ring (bicyclic) bond motifs is 1. The smallest absolute Gasteiger partial charge is 0.242 e. The van der Waals surface area contributed by atoms with Crippen LogP contribution in [0, 0.1) is 13.8 Å². The lowest BCUT2D eigenvalue weighted by Crippen LogP contribution is -2.40. The molecule has 0 spiro atoms. The summed E-state index contributed by atoms with van der Waals surface area (Å²) in [6, 6.07) is 14.4. The molecule has 1 saturated heterocycles. The molecule has 178 valence electrons. The fourth-order valence-electron chi connectivity index (χ4n) is 5.82. The quantitative estimate of drug-likeness (QED) is 0.543. The summed E-state index contributed by atoms with van der Waals surface area (Å²) in [5.74, 6) is 1.03. The predicted octanol–water partition coefficient (Wildman–Crippen LogP) is 4.96. The SMILES string of the molecule is Cc1cccc(C)c1N1CC(c2nc3ccccc3n2CC(=O)N(C)C2CCCCC2)CC1=O. The highest BCUT2D eigenvalue weighted by molar-refractivity contribution is 5.98. The molecular weight excluding hydrogens is 424 g/mol. The van der Waals surface area contributed by atoms with Gasteiger partial charge >= 0.3 is 0 Å². The van der Waals surface area contributed by atoms with E-state index in [9.17, 15) is 9.59 Å². The van der Waals surface area contributed by atoms with Crippen molar-refractivity contribution in [2.24, 2.45) is 0 Å². The number of hydrogen-bond acceptors (Lipinski definition) is 3. The van der Waals surface area contributed by atoms with E-state index in [4.69, 9.17) is 4.98 Å². The summed E-state index contributed by atoms with van der Waals surface area (Å²) in [5, 5.41) is 0. The van der Waals surface area contributed by atoms with E-state index in [2.05, 4.69) is 30.5 Å². The first-order chi connectivity index (χ1) is 16.4. The largest absolute Gasteiger partial charge is 0.341 e. The van der Waals surface area contributed by atoms with Crippen molar-refractivity contribution in [2.45, 2.75) is 70.9 Å². The van der Waals surface area contributed by atoms with Crippen molar-refractivity contribution in [3.63, 3.8) is 0 Å². The lowest BCUT2D eigenvalue weighted by atomic mass is 9.94. The minimum absolute atomic E-state index is 0.0494. The van der Waals surface area contributed by atoms with Gasteiger partial charge in [-0.1, -0.05) is 49.6 Å². The molecule has 0 N–H and O–H groups in total. The van der Waals surface area contributed by atoms with Crippen LogP contribution in [0.4, 0.5) is 5.69 Å². The maximum atomic E-state index is 13.4. The zero-order valence-electron chi connectivity index (χ0n) is 20.5. The maximum absolute atomic E-state index is 13.4. The second-order valence-electron chi connectivity index (χ2n) is 9.99. The third-order valence-electron chi connectivity index (χ3n) is 7.69. The molecule has 2 aromatic carbocycles. The molecule has 6 nitrogen and oxygen atoms in total. The van der Waals surface area contributed by atoms with E-state index >= 15 is 0 Å². The number of rotatable bonds is 5. The molecule has 1 aliphatic carbocycles. The number of imidazole rings is 1. The topological polar surface area (TPSA) is 58.4 Å². The Hall–Kier alpha value is -3.15. The van der Waals surface area contributed by atoms with Crippen LogP contribution in [-0.2, 0) is 16.1 Å². The number of hydrogen-bond donors (Lipinski definition) is 0. The molecule has 2 fully saturated rings. The summed E-state index contributed by atoms with van der Waals surface area (Å²) in [4.78, 5) is 35.3. The average molecular weight is 459 g/mol. The lowest BCUT2D eigenvalue weighted by molar-refractivity contribution is -0.133. The highest BCUT2D eigenvalue weighted by Crippen LogP contribution is 2.36. The van der Waals surface area contributed by atoms with E-state index in [0.29, 0.717) is 19.0 Å². The molecule has 1 atom stereocenters. The van der Waals surface area contributed by atoms with Gasteiger partial charge in [0.15, 0.2) is 0 Å². The van der Waals surface area contributed by atoms with E-state index < -0.39 is 0 Å². The molecule has 2 heterocycles. The number of benzene rings is 2. The first-order valence-corrected chi connectivity index (χ1v) is 12.5. The zero-order chi connectivity index (χ0) is 23.8. The number of carbonyl (C=O) groups excluding carboxylic acids is 2. The number of para-hydroxylation sites is 3. The maximum Gasteiger partial charge on any atom is 0.242 e. The van der Waals surface area contributed by atoms with Gasteiger partial charge in [0.2, 0.25) is 11.8 Å². The van der Waals surface area contributed by atoms with Gasteiger partial charge in [-0.3, -0.25) is 9.59 Å². The Bertz CT molecular complexity index is 1200. The predicted molar refractivity (Wildman–Crippen MR) is 135 cm³/mol. The van der Waals surface area contributed by atoms with Crippen molar-refractivity contribution in [1.82, 2.24) is 14.5 Å². The first-order valence-electron chi connectivity index (χ1n) is 12.5. The first kappa shape index (κ1) is 22.6. The number of aryl methyl sites for hydroxylation is 2. The van der Waals surface area contributed by atoms with Crippen LogP contribution in [0.1, 0.15) is 61.4 Å². The van der Waals surface area contributed by atoms with Crippen LogP contribution < -0.4 is 4.90 Å². The highest BCUT2D eigenvalue weighted by atomic mass is 16.2. The number of nitrogens with zero attached hydrogens (tertiary/aromatic N) is 4. The van der Waals surface area contributed by atoms with E-state index in [0.717, 1.165) is 46.5 Å². The monoisotopic (exact) mass is 458 g/mol. The fraction of sp³-hybridized carbons (Fsp3) is 0.464. The standard InChI is InChI=1S/C28H34N4O2/c1-19-10-9-11-20(2)27(19)32-17-21(16-25(32)33)28-29-23-14-7-8-15-24(23)31(28)18-26(34)30(3)22-12-5-4-6-13-22/h7-11,14-15,21-22H,4-6,12-13,16-18H2,1-3H3. The molecule has 1 aliphatic heterocycles. The zero-order valence-corrected chi connectivity index (χ0v) is 20.5. The van der Waals surface area contributed by atoms with Crippen LogP contribution in [0.2, 0.25) is 0 Å². The minimum atomic E-state index is -0.0494. The van der Waals surface area contributed by atoms with Gasteiger partial charge < -0.3 is 14.4 Å². The molecule has 2 aliphatic rings. The van der Waals surface area contributed by atoms with Crippen LogP contribution >= 0.6 is 0 Å². The van der Waals surface area contributed by atoms with E-state index in [1.807, 2.05) is 47.2 Å². The Morgan fingerprint density at radius 2 is 1.74 bits per heavy atom. The number of aromatic nitrogens is 2. The van der Waals surface area contributed by atoms with Crippen molar-refractivity contribution in [3.8, 4) is 0 Å². The van der Waals surface area contributed by atoms with E-state index in [1.165, 1.54) is 19.3 Å². The average Bonchev–Trinajstić information content (AvgIpc) is 3.39. The van der Waals surface area contributed by atoms with Crippen LogP contribution in [0.25, 0.3) is 11.0 Å². The summed E-state index contributed by atoms with van der Waals surface area (Å²) in [7, 11) is 1.94. The Labute approximate surface area is 201 Å². The molecular formula is C28H34N4O2. The van der Waals surface area contributed by atoms with Gasteiger partial charge in [-0.05, 0) is 49.9 Å². The third kappa shape index (κ3) is 4.10. The molecule has 1 saturated carbocycles. The summed E-state index contributed by atoms with van der Waals surface area (Å²) in [6.45, 7) is 4.95. The highest BCUT2D eigenvalue weighted by Gasteiger charge is 2.36. The number of carbonyl (C=O) groups is 2. The molecule has 0 bridgehead atoms. The normalized spacial score (nSPS) is 19.2. The van der Waals surface area contributed by atoms with Gasteiger partial charge in [0.05, 0.1) is 11.0 Å². The van der Waals surface area contributed by atoms with Crippen molar-refractivity contribution >= 4 is 28.5 Å². The van der Waals surface area contributed by atoms with Crippen LogP contribution in [0.3, 0.4) is 0 Å². The summed E-state index contributed by atoms with van der Waals surface area (Å²) >= 11 is 0. The van der Waals surface area contributed by atoms with Crippen molar-refractivity contribution in [1.29, 1.82) is 0 Å². The van der Waals surface area contributed by atoms with Crippen molar-refractivity contribution in [3.05, 3.63) is 59.4 Å². The van der Waals surface area contributed by atoms with Gasteiger partial charge in [-0.2, -0.15) is 0 Å². The van der Waals surface area contributed by atoms with Crippen molar-refractivity contribution < 1.29 is 9.59 Å². The van der Waals surface area contributed by atoms with Gasteiger partial charge in [0.25, 0.3) is 0 Å². The molecule has 5 rings (SSSR count). The van der Waals surface area contributed by atoms with Gasteiger partial charge in [0, 0.05) is 37.7 Å². The summed E-state index contributed by atoms with van der Waals surface area (Å²) in [5.41, 5.74) is 5.05. The Kier molecular flexibility index (Phi) is 6.15. The van der Waals surface area contributed by atoms with Crippen LogP contribution in [-0.4, -0.2) is 45.9 Å². The molecule has 1 unspecified atom stereocenters. The Balaban J connectivity index is 1.45. The number of likely N-dealkylation sites (N-methyl/N-ethyl adjacent to an activating group) is 1. The Morgan fingerprint density at radius 3 is 2.47 bits per heavy atom. The molecule has 34 heavy (non-hydrogen) atoms. The number of amides is 2. The molecule has 0 radical (unpaired) electrons. The lowest BCUT2D eigenvalue weighted by Gasteiger charge is -2.31. The van der Waals surface area contributed by atoms with Crippen LogP contribution in [0.15, 0.2) is 42.5 Å². The van der Waals surface area contributed by atoms with Gasteiger partial charge in [0.1, 0.15) is 12.4 Å². The molecule has 2 amide bonds. The summed E-state index contributed by atoms with van der Waals surface area (Å²) < 4.78 is 2.06.